The van der Waals surface area contributed by atoms with E-state index in [2.05, 4.69) is 8.75 Å². The third kappa shape index (κ3) is 2.84. The summed E-state index contributed by atoms with van der Waals surface area (Å²) in [4.78, 5) is 26.6. The van der Waals surface area contributed by atoms with E-state index in [9.17, 15) is 9.59 Å². The van der Waals surface area contributed by atoms with E-state index in [1.807, 2.05) is 36.4 Å². The van der Waals surface area contributed by atoms with E-state index < -0.39 is 0 Å². The van der Waals surface area contributed by atoms with Crippen molar-refractivity contribution in [1.29, 1.82) is 0 Å². The molecule has 0 unspecified atom stereocenters. The molecule has 0 aliphatic rings. The van der Waals surface area contributed by atoms with E-state index in [4.69, 9.17) is 0 Å². The maximum Gasteiger partial charge on any atom is 0.169 e. The minimum Gasteiger partial charge on any atom is -0.294 e. The summed E-state index contributed by atoms with van der Waals surface area (Å²) in [5.41, 5.74) is 3.62. The first-order valence-corrected chi connectivity index (χ1v) is 9.88. The second-order valence-corrected chi connectivity index (χ2v) is 8.26. The standard InChI is InChI=1S/C18H12N2O2S3/c1-9(21)13-5-7-15(23-13)11-3-4-12(18-17(11)19-25-20-18)16-8-6-14(24-16)10(2)22/h3-8H,1-2H3. The topological polar surface area (TPSA) is 59.9 Å². The van der Waals surface area contributed by atoms with Gasteiger partial charge in [0.2, 0.25) is 0 Å². The van der Waals surface area contributed by atoms with Crippen LogP contribution < -0.4 is 0 Å². The molecule has 0 aliphatic carbocycles. The first-order chi connectivity index (χ1) is 12.0. The van der Waals surface area contributed by atoms with Gasteiger partial charge in [-0.05, 0) is 38.1 Å². The van der Waals surface area contributed by atoms with Gasteiger partial charge in [0.25, 0.3) is 0 Å². The van der Waals surface area contributed by atoms with Crippen LogP contribution >= 0.6 is 34.4 Å². The number of benzene rings is 1. The molecular formula is C18H12N2O2S3. The maximum absolute atomic E-state index is 11.6. The lowest BCUT2D eigenvalue weighted by atomic mass is 10.1. The molecule has 4 nitrogen and oxygen atoms in total. The lowest BCUT2D eigenvalue weighted by molar-refractivity contribution is 0.101. The Bertz CT molecular complexity index is 1030. The number of fused-ring (bicyclic) bond motifs is 1. The summed E-state index contributed by atoms with van der Waals surface area (Å²) in [5.74, 6) is 0.131. The molecule has 0 radical (unpaired) electrons. The van der Waals surface area contributed by atoms with Gasteiger partial charge in [0.05, 0.1) is 21.5 Å². The number of nitrogens with zero attached hydrogens (tertiary/aromatic N) is 2. The fourth-order valence-electron chi connectivity index (χ4n) is 2.61. The molecule has 3 aromatic heterocycles. The minimum atomic E-state index is 0.0656. The van der Waals surface area contributed by atoms with Crippen LogP contribution in [0.25, 0.3) is 31.9 Å². The van der Waals surface area contributed by atoms with Gasteiger partial charge in [0.1, 0.15) is 11.0 Å². The van der Waals surface area contributed by atoms with Crippen molar-refractivity contribution in [3.8, 4) is 20.9 Å². The Morgan fingerprint density at radius 1 is 0.720 bits per heavy atom. The van der Waals surface area contributed by atoms with Crippen molar-refractivity contribution in [3.05, 3.63) is 46.2 Å². The fourth-order valence-corrected chi connectivity index (χ4v) is 5.04. The fraction of sp³-hybridized carbons (Fsp3) is 0.111. The summed E-state index contributed by atoms with van der Waals surface area (Å²) in [7, 11) is 0. The molecule has 7 heteroatoms. The van der Waals surface area contributed by atoms with E-state index >= 15 is 0 Å². The average molecular weight is 385 g/mol. The second-order valence-electron chi connectivity index (χ2n) is 5.56. The molecule has 4 aromatic rings. The zero-order chi connectivity index (χ0) is 17.6. The van der Waals surface area contributed by atoms with Crippen molar-refractivity contribution >= 4 is 57.0 Å². The molecule has 124 valence electrons. The zero-order valence-electron chi connectivity index (χ0n) is 13.4. The summed E-state index contributed by atoms with van der Waals surface area (Å²) < 4.78 is 8.93. The number of Topliss-reactive ketones (excluding diaryl/α,β-unsaturated/α-hetero) is 2. The number of ketones is 2. The Labute approximate surface area is 156 Å². The predicted molar refractivity (Wildman–Crippen MR) is 104 cm³/mol. The molecule has 0 atom stereocenters. The van der Waals surface area contributed by atoms with Crippen molar-refractivity contribution in [3.63, 3.8) is 0 Å². The van der Waals surface area contributed by atoms with Gasteiger partial charge in [-0.2, -0.15) is 8.75 Å². The number of rotatable bonds is 4. The summed E-state index contributed by atoms with van der Waals surface area (Å²) >= 11 is 4.11. The lowest BCUT2D eigenvalue weighted by Gasteiger charge is -2.03. The quantitative estimate of drug-likeness (QED) is 0.433. The van der Waals surface area contributed by atoms with Crippen molar-refractivity contribution in [2.24, 2.45) is 0 Å². The molecule has 0 spiro atoms. The number of hydrogen-bond acceptors (Lipinski definition) is 7. The number of carbonyl (C=O) groups is 2. The third-order valence-electron chi connectivity index (χ3n) is 3.85. The van der Waals surface area contributed by atoms with Gasteiger partial charge >= 0.3 is 0 Å². The van der Waals surface area contributed by atoms with Crippen molar-refractivity contribution in [2.75, 3.05) is 0 Å². The normalized spacial score (nSPS) is 11.1. The van der Waals surface area contributed by atoms with Crippen LogP contribution in [0, 0.1) is 0 Å². The van der Waals surface area contributed by atoms with Gasteiger partial charge in [-0.1, -0.05) is 12.1 Å². The van der Waals surface area contributed by atoms with Gasteiger partial charge in [0.15, 0.2) is 11.6 Å². The molecule has 0 aliphatic heterocycles. The molecule has 0 bridgehead atoms. The van der Waals surface area contributed by atoms with E-state index in [1.54, 1.807) is 13.8 Å². The Morgan fingerprint density at radius 3 is 1.52 bits per heavy atom. The second kappa shape index (κ2) is 6.25. The monoisotopic (exact) mass is 384 g/mol. The molecule has 0 N–H and O–H groups in total. The lowest BCUT2D eigenvalue weighted by Crippen LogP contribution is -1.84. The highest BCUT2D eigenvalue weighted by Gasteiger charge is 2.17. The smallest absolute Gasteiger partial charge is 0.169 e. The minimum absolute atomic E-state index is 0.0656. The maximum atomic E-state index is 11.6. The molecule has 4 rings (SSSR count). The van der Waals surface area contributed by atoms with Crippen LogP contribution in [0.5, 0.6) is 0 Å². The highest BCUT2D eigenvalue weighted by molar-refractivity contribution is 7.18. The van der Waals surface area contributed by atoms with Crippen molar-refractivity contribution in [1.82, 2.24) is 8.75 Å². The summed E-state index contributed by atoms with van der Waals surface area (Å²) in [6.45, 7) is 3.14. The first kappa shape index (κ1) is 16.3. The first-order valence-electron chi connectivity index (χ1n) is 7.52. The summed E-state index contributed by atoms with van der Waals surface area (Å²) in [5, 5.41) is 0. The van der Waals surface area contributed by atoms with E-state index in [1.165, 1.54) is 34.4 Å². The van der Waals surface area contributed by atoms with E-state index in [0.717, 1.165) is 41.7 Å². The van der Waals surface area contributed by atoms with Crippen LogP contribution in [-0.2, 0) is 0 Å². The number of hydrogen-bond donors (Lipinski definition) is 0. The summed E-state index contributed by atoms with van der Waals surface area (Å²) in [6.07, 6.45) is 0. The van der Waals surface area contributed by atoms with Crippen LogP contribution in [0.4, 0.5) is 0 Å². The van der Waals surface area contributed by atoms with E-state index in [0.29, 0.717) is 0 Å². The zero-order valence-corrected chi connectivity index (χ0v) is 15.8. The van der Waals surface area contributed by atoms with Gasteiger partial charge in [-0.15, -0.1) is 22.7 Å². The SMILES string of the molecule is CC(=O)c1ccc(-c2ccc(-c3ccc(C(C)=O)s3)c3nsnc23)s1. The Hall–Kier alpha value is -2.22. The van der Waals surface area contributed by atoms with Gasteiger partial charge in [-0.25, -0.2) is 0 Å². The molecular weight excluding hydrogens is 372 g/mol. The van der Waals surface area contributed by atoms with Crippen LogP contribution in [0.15, 0.2) is 36.4 Å². The highest BCUT2D eigenvalue weighted by Crippen LogP contribution is 2.39. The Morgan fingerprint density at radius 2 is 1.16 bits per heavy atom. The highest BCUT2D eigenvalue weighted by atomic mass is 32.1. The average Bonchev–Trinajstić information content (AvgIpc) is 3.32. The molecule has 1 aromatic carbocycles. The molecule has 0 fully saturated rings. The molecule has 25 heavy (non-hydrogen) atoms. The van der Waals surface area contributed by atoms with Gasteiger partial charge in [-0.3, -0.25) is 9.59 Å². The predicted octanol–water partition coefficient (Wildman–Crippen LogP) is 5.55. The van der Waals surface area contributed by atoms with Crippen LogP contribution in [0.1, 0.15) is 33.2 Å². The third-order valence-corrected chi connectivity index (χ3v) is 6.82. The van der Waals surface area contributed by atoms with Crippen LogP contribution in [0.2, 0.25) is 0 Å². The van der Waals surface area contributed by atoms with Crippen molar-refractivity contribution < 1.29 is 9.59 Å². The summed E-state index contributed by atoms with van der Waals surface area (Å²) in [6, 6.07) is 11.6. The Balaban J connectivity index is 1.85. The van der Waals surface area contributed by atoms with E-state index in [-0.39, 0.29) is 11.6 Å². The number of carbonyl (C=O) groups excluding carboxylic acids is 2. The molecule has 0 saturated carbocycles. The number of aromatic nitrogens is 2. The largest absolute Gasteiger partial charge is 0.294 e. The van der Waals surface area contributed by atoms with Crippen LogP contribution in [-0.4, -0.2) is 20.3 Å². The van der Waals surface area contributed by atoms with Crippen molar-refractivity contribution in [2.45, 2.75) is 13.8 Å². The van der Waals surface area contributed by atoms with Gasteiger partial charge in [0, 0.05) is 20.9 Å². The van der Waals surface area contributed by atoms with Gasteiger partial charge < -0.3 is 0 Å². The Kier molecular flexibility index (Phi) is 4.07. The molecule has 3 heterocycles. The van der Waals surface area contributed by atoms with Crippen LogP contribution in [0.3, 0.4) is 0 Å². The number of thiophene rings is 2. The molecule has 0 saturated heterocycles. The molecule has 0 amide bonds.